The summed E-state index contributed by atoms with van der Waals surface area (Å²) < 4.78 is 13.3. The summed E-state index contributed by atoms with van der Waals surface area (Å²) in [4.78, 5) is 4.82. The Morgan fingerprint density at radius 3 is 2.50 bits per heavy atom. The molecule has 0 saturated carbocycles. The van der Waals surface area contributed by atoms with Gasteiger partial charge in [-0.2, -0.15) is 0 Å². The van der Waals surface area contributed by atoms with E-state index in [1.54, 1.807) is 6.07 Å². The molecule has 1 heterocycles. The summed E-state index contributed by atoms with van der Waals surface area (Å²) in [6.45, 7) is 8.41. The highest BCUT2D eigenvalue weighted by atomic mass is 19.1. The Morgan fingerprint density at radius 2 is 1.83 bits per heavy atom. The fourth-order valence-corrected chi connectivity index (χ4v) is 2.45. The van der Waals surface area contributed by atoms with Crippen molar-refractivity contribution in [3.8, 4) is 0 Å². The summed E-state index contributed by atoms with van der Waals surface area (Å²) in [6, 6.07) is 5.06. The van der Waals surface area contributed by atoms with Crippen molar-refractivity contribution in [1.29, 1.82) is 0 Å². The van der Waals surface area contributed by atoms with E-state index < -0.39 is 0 Å². The predicted molar refractivity (Wildman–Crippen MR) is 72.8 cm³/mol. The smallest absolute Gasteiger partial charge is 0.146 e. The molecule has 0 bridgehead atoms. The Kier molecular flexibility index (Phi) is 4.55. The third-order valence-electron chi connectivity index (χ3n) is 3.54. The van der Waals surface area contributed by atoms with Crippen LogP contribution in [0.5, 0.6) is 0 Å². The van der Waals surface area contributed by atoms with E-state index in [1.807, 2.05) is 6.07 Å². The van der Waals surface area contributed by atoms with Gasteiger partial charge in [0.05, 0.1) is 5.69 Å². The van der Waals surface area contributed by atoms with Crippen LogP contribution in [0.4, 0.5) is 10.1 Å². The van der Waals surface area contributed by atoms with E-state index >= 15 is 0 Å². The van der Waals surface area contributed by atoms with Crippen molar-refractivity contribution in [2.75, 3.05) is 38.5 Å². The minimum Gasteiger partial charge on any atom is -0.396 e. The first-order chi connectivity index (χ1) is 8.70. The summed E-state index contributed by atoms with van der Waals surface area (Å²) >= 11 is 0. The van der Waals surface area contributed by atoms with Crippen molar-refractivity contribution in [2.24, 2.45) is 0 Å². The number of piperazine rings is 1. The number of rotatable bonds is 4. The monoisotopic (exact) mass is 251 g/mol. The molecule has 4 heteroatoms. The van der Waals surface area contributed by atoms with Crippen LogP contribution in [-0.2, 0) is 6.54 Å². The Labute approximate surface area is 108 Å². The van der Waals surface area contributed by atoms with Crippen LogP contribution < -0.4 is 5.73 Å². The van der Waals surface area contributed by atoms with Crippen molar-refractivity contribution in [1.82, 2.24) is 9.80 Å². The highest BCUT2D eigenvalue weighted by Crippen LogP contribution is 2.18. The number of para-hydroxylation sites is 1. The van der Waals surface area contributed by atoms with Gasteiger partial charge in [0.1, 0.15) is 5.82 Å². The van der Waals surface area contributed by atoms with Gasteiger partial charge < -0.3 is 10.6 Å². The molecule has 2 rings (SSSR count). The Bertz CT molecular complexity index is 387. The molecule has 0 spiro atoms. The maximum Gasteiger partial charge on any atom is 0.146 e. The van der Waals surface area contributed by atoms with Crippen LogP contribution in [0.2, 0.25) is 0 Å². The molecular weight excluding hydrogens is 229 g/mol. The number of nitrogens with two attached hydrogens (primary N) is 1. The number of hydrogen-bond donors (Lipinski definition) is 1. The van der Waals surface area contributed by atoms with Gasteiger partial charge in [-0.3, -0.25) is 4.90 Å². The van der Waals surface area contributed by atoms with Crippen molar-refractivity contribution in [3.05, 3.63) is 29.6 Å². The Hall–Kier alpha value is -1.13. The maximum atomic E-state index is 13.3. The zero-order chi connectivity index (χ0) is 13.0. The van der Waals surface area contributed by atoms with Gasteiger partial charge in [-0.1, -0.05) is 19.1 Å². The van der Waals surface area contributed by atoms with E-state index in [9.17, 15) is 4.39 Å². The lowest BCUT2D eigenvalue weighted by Gasteiger charge is -2.34. The molecule has 0 amide bonds. The van der Waals surface area contributed by atoms with Gasteiger partial charge in [-0.25, -0.2) is 4.39 Å². The molecule has 0 atom stereocenters. The molecule has 1 aliphatic heterocycles. The molecule has 1 aromatic rings. The van der Waals surface area contributed by atoms with Crippen LogP contribution >= 0.6 is 0 Å². The molecule has 100 valence electrons. The summed E-state index contributed by atoms with van der Waals surface area (Å²) in [5.41, 5.74) is 6.96. The fraction of sp³-hybridized carbons (Fsp3) is 0.571. The third-order valence-corrected chi connectivity index (χ3v) is 3.54. The maximum absolute atomic E-state index is 13.3. The summed E-state index contributed by atoms with van der Waals surface area (Å²) in [5, 5.41) is 0. The van der Waals surface area contributed by atoms with E-state index in [2.05, 4.69) is 16.7 Å². The van der Waals surface area contributed by atoms with Gasteiger partial charge in [0.2, 0.25) is 0 Å². The highest BCUT2D eigenvalue weighted by molar-refractivity contribution is 5.47. The minimum absolute atomic E-state index is 0.300. The van der Waals surface area contributed by atoms with Crippen LogP contribution in [0.25, 0.3) is 0 Å². The normalized spacial score (nSPS) is 18.1. The quantitative estimate of drug-likeness (QED) is 0.830. The molecule has 1 saturated heterocycles. The van der Waals surface area contributed by atoms with E-state index in [1.165, 1.54) is 19.0 Å². The molecule has 1 aromatic carbocycles. The van der Waals surface area contributed by atoms with Gasteiger partial charge in [-0.15, -0.1) is 0 Å². The first-order valence-electron chi connectivity index (χ1n) is 6.68. The molecular formula is C14H22FN3. The number of nitrogen functional groups attached to an aromatic ring is 1. The standard InChI is InChI=1S/C14H22FN3/c1-2-6-17-7-9-18(10-8-17)11-12-4-3-5-13(15)14(12)16/h3-5H,2,6-11,16H2,1H3. The zero-order valence-electron chi connectivity index (χ0n) is 11.0. The summed E-state index contributed by atoms with van der Waals surface area (Å²) in [6.07, 6.45) is 1.21. The molecule has 3 nitrogen and oxygen atoms in total. The third kappa shape index (κ3) is 3.21. The number of anilines is 1. The second kappa shape index (κ2) is 6.16. The van der Waals surface area contributed by atoms with Crippen molar-refractivity contribution < 1.29 is 4.39 Å². The molecule has 0 aliphatic carbocycles. The zero-order valence-corrected chi connectivity index (χ0v) is 11.0. The molecule has 1 aliphatic rings. The van der Waals surface area contributed by atoms with E-state index in [-0.39, 0.29) is 5.82 Å². The number of nitrogens with zero attached hydrogens (tertiary/aromatic N) is 2. The van der Waals surface area contributed by atoms with Gasteiger partial charge in [0.15, 0.2) is 0 Å². The molecule has 0 aromatic heterocycles. The molecule has 0 radical (unpaired) electrons. The average Bonchev–Trinajstić information content (AvgIpc) is 2.38. The van der Waals surface area contributed by atoms with Crippen LogP contribution in [0, 0.1) is 5.82 Å². The molecule has 1 fully saturated rings. The first-order valence-corrected chi connectivity index (χ1v) is 6.68. The van der Waals surface area contributed by atoms with Gasteiger partial charge in [-0.05, 0) is 24.6 Å². The second-order valence-electron chi connectivity index (χ2n) is 4.93. The lowest BCUT2D eigenvalue weighted by atomic mass is 10.1. The van der Waals surface area contributed by atoms with E-state index in [0.29, 0.717) is 5.69 Å². The Morgan fingerprint density at radius 1 is 1.17 bits per heavy atom. The molecule has 18 heavy (non-hydrogen) atoms. The average molecular weight is 251 g/mol. The molecule has 2 N–H and O–H groups in total. The number of halogens is 1. The van der Waals surface area contributed by atoms with Crippen LogP contribution in [0.3, 0.4) is 0 Å². The van der Waals surface area contributed by atoms with Gasteiger partial charge in [0.25, 0.3) is 0 Å². The predicted octanol–water partition coefficient (Wildman–Crippen LogP) is 1.94. The summed E-state index contributed by atoms with van der Waals surface area (Å²) in [5.74, 6) is -0.308. The van der Waals surface area contributed by atoms with E-state index in [0.717, 1.165) is 38.3 Å². The Balaban J connectivity index is 1.90. The number of hydrogen-bond acceptors (Lipinski definition) is 3. The SMILES string of the molecule is CCCN1CCN(Cc2cccc(F)c2N)CC1. The lowest BCUT2D eigenvalue weighted by Crippen LogP contribution is -2.46. The van der Waals surface area contributed by atoms with E-state index in [4.69, 9.17) is 5.73 Å². The largest absolute Gasteiger partial charge is 0.396 e. The first kappa shape index (κ1) is 13.3. The van der Waals surface area contributed by atoms with Gasteiger partial charge in [0, 0.05) is 32.7 Å². The molecule has 0 unspecified atom stereocenters. The topological polar surface area (TPSA) is 32.5 Å². The summed E-state index contributed by atoms with van der Waals surface area (Å²) in [7, 11) is 0. The van der Waals surface area contributed by atoms with Crippen molar-refractivity contribution >= 4 is 5.69 Å². The lowest BCUT2D eigenvalue weighted by molar-refractivity contribution is 0.127. The minimum atomic E-state index is -0.308. The van der Waals surface area contributed by atoms with Crippen molar-refractivity contribution in [2.45, 2.75) is 19.9 Å². The van der Waals surface area contributed by atoms with Crippen LogP contribution in [0.1, 0.15) is 18.9 Å². The second-order valence-corrected chi connectivity index (χ2v) is 4.93. The highest BCUT2D eigenvalue weighted by Gasteiger charge is 2.17. The van der Waals surface area contributed by atoms with Crippen LogP contribution in [-0.4, -0.2) is 42.5 Å². The van der Waals surface area contributed by atoms with Crippen molar-refractivity contribution in [3.63, 3.8) is 0 Å². The van der Waals surface area contributed by atoms with Crippen LogP contribution in [0.15, 0.2) is 18.2 Å². The number of benzene rings is 1. The fourth-order valence-electron chi connectivity index (χ4n) is 2.45. The van der Waals surface area contributed by atoms with Gasteiger partial charge >= 0.3 is 0 Å².